The van der Waals surface area contributed by atoms with Crippen molar-refractivity contribution in [3.05, 3.63) is 34.8 Å². The summed E-state index contributed by atoms with van der Waals surface area (Å²) in [5, 5.41) is 22.1. The van der Waals surface area contributed by atoms with E-state index >= 15 is 0 Å². The summed E-state index contributed by atoms with van der Waals surface area (Å²) in [6.45, 7) is 3.83. The topological polar surface area (TPSA) is 94.3 Å². The number of methoxy groups -OCH3 is 1. The number of aromatic nitrogens is 5. The molecule has 0 saturated carbocycles. The lowest BCUT2D eigenvalue weighted by molar-refractivity contribution is -0.113. The highest BCUT2D eigenvalue weighted by atomic mass is 32.2. The Labute approximate surface area is 163 Å². The van der Waals surface area contributed by atoms with Crippen molar-refractivity contribution in [2.24, 2.45) is 0 Å². The first-order valence-electron chi connectivity index (χ1n) is 8.10. The molecule has 0 bridgehead atoms. The molecule has 10 heteroatoms. The number of fused-ring (bicyclic) bond motifs is 3. The van der Waals surface area contributed by atoms with E-state index in [9.17, 15) is 4.79 Å². The van der Waals surface area contributed by atoms with Gasteiger partial charge in [-0.15, -0.1) is 20.4 Å². The zero-order valence-corrected chi connectivity index (χ0v) is 16.5. The number of rotatable bonds is 5. The Hall–Kier alpha value is -2.72. The molecule has 1 amide bonds. The maximum absolute atomic E-state index is 12.2. The number of carbonyl (C=O) groups is 1. The minimum atomic E-state index is -0.164. The second kappa shape index (κ2) is 7.12. The fourth-order valence-electron chi connectivity index (χ4n) is 2.73. The van der Waals surface area contributed by atoms with Gasteiger partial charge in [0.1, 0.15) is 10.8 Å². The highest BCUT2D eigenvalue weighted by Gasteiger charge is 2.15. The van der Waals surface area contributed by atoms with Crippen molar-refractivity contribution in [2.45, 2.75) is 19.0 Å². The summed E-state index contributed by atoms with van der Waals surface area (Å²) >= 11 is 2.66. The van der Waals surface area contributed by atoms with Crippen LogP contribution in [0.5, 0.6) is 5.75 Å². The zero-order valence-electron chi connectivity index (χ0n) is 14.9. The average molecular weight is 400 g/mol. The molecule has 8 nitrogen and oxygen atoms in total. The Morgan fingerprint density at radius 2 is 2.07 bits per heavy atom. The Kier molecular flexibility index (Phi) is 4.66. The van der Waals surface area contributed by atoms with Crippen LogP contribution in [-0.2, 0) is 4.79 Å². The number of amides is 1. The summed E-state index contributed by atoms with van der Waals surface area (Å²) in [6.07, 6.45) is 0. The summed E-state index contributed by atoms with van der Waals surface area (Å²) in [6, 6.07) is 7.93. The Morgan fingerprint density at radius 1 is 1.22 bits per heavy atom. The second-order valence-corrected chi connectivity index (χ2v) is 7.98. The van der Waals surface area contributed by atoms with Gasteiger partial charge in [-0.05, 0) is 43.0 Å². The van der Waals surface area contributed by atoms with Crippen LogP contribution >= 0.6 is 23.1 Å². The van der Waals surface area contributed by atoms with Gasteiger partial charge in [-0.1, -0.05) is 23.1 Å². The number of anilines is 1. The fourth-order valence-corrected chi connectivity index (χ4v) is 4.09. The van der Waals surface area contributed by atoms with Gasteiger partial charge in [0.15, 0.2) is 10.8 Å². The van der Waals surface area contributed by atoms with E-state index in [0.29, 0.717) is 10.3 Å². The lowest BCUT2D eigenvalue weighted by Gasteiger charge is -2.08. The average Bonchev–Trinajstić information content (AvgIpc) is 3.26. The van der Waals surface area contributed by atoms with Gasteiger partial charge in [0, 0.05) is 6.07 Å². The van der Waals surface area contributed by atoms with Crippen LogP contribution in [0.4, 0.5) is 5.13 Å². The number of nitrogens with zero attached hydrogens (tertiary/aromatic N) is 5. The Bertz CT molecular complexity index is 1150. The SMILES string of the molecule is COc1ccc2cc(C)c3nnc(SCC(=O)Nc4nnc(C)s4)n3c2c1. The zero-order chi connectivity index (χ0) is 19.0. The number of aryl methyl sites for hydroxylation is 2. The van der Waals surface area contributed by atoms with E-state index in [0.717, 1.165) is 32.9 Å². The van der Waals surface area contributed by atoms with Gasteiger partial charge in [0.2, 0.25) is 11.0 Å². The first-order chi connectivity index (χ1) is 13.0. The number of thioether (sulfide) groups is 1. The van der Waals surface area contributed by atoms with Crippen LogP contribution in [0.3, 0.4) is 0 Å². The number of nitrogens with one attached hydrogen (secondary N) is 1. The molecule has 0 radical (unpaired) electrons. The van der Waals surface area contributed by atoms with Crippen molar-refractivity contribution in [1.29, 1.82) is 0 Å². The molecule has 4 rings (SSSR count). The van der Waals surface area contributed by atoms with Gasteiger partial charge >= 0.3 is 0 Å². The van der Waals surface area contributed by atoms with Crippen LogP contribution < -0.4 is 10.1 Å². The number of hydrogen-bond acceptors (Lipinski definition) is 8. The van der Waals surface area contributed by atoms with Crippen LogP contribution in [-0.4, -0.2) is 43.6 Å². The van der Waals surface area contributed by atoms with E-state index in [4.69, 9.17) is 4.74 Å². The van der Waals surface area contributed by atoms with E-state index in [1.807, 2.05) is 36.4 Å². The van der Waals surface area contributed by atoms with Gasteiger partial charge in [0.25, 0.3) is 0 Å². The summed E-state index contributed by atoms with van der Waals surface area (Å²) in [5.74, 6) is 0.780. The summed E-state index contributed by atoms with van der Waals surface area (Å²) < 4.78 is 7.31. The molecule has 1 aromatic carbocycles. The lowest BCUT2D eigenvalue weighted by Crippen LogP contribution is -2.14. The minimum Gasteiger partial charge on any atom is -0.497 e. The molecule has 0 aliphatic heterocycles. The van der Waals surface area contributed by atoms with Crippen LogP contribution in [0.2, 0.25) is 0 Å². The monoisotopic (exact) mass is 400 g/mol. The van der Waals surface area contributed by atoms with Crippen LogP contribution in [0.15, 0.2) is 29.4 Å². The molecule has 3 heterocycles. The predicted octanol–water partition coefficient (Wildman–Crippen LogP) is 3.09. The number of pyridine rings is 1. The van der Waals surface area contributed by atoms with E-state index in [1.165, 1.54) is 23.1 Å². The third-order valence-corrected chi connectivity index (χ3v) is 5.62. The Balaban J connectivity index is 1.64. The smallest absolute Gasteiger partial charge is 0.236 e. The third kappa shape index (κ3) is 3.45. The van der Waals surface area contributed by atoms with Crippen molar-refractivity contribution >= 4 is 50.7 Å². The van der Waals surface area contributed by atoms with Gasteiger partial charge in [-0.2, -0.15) is 0 Å². The van der Waals surface area contributed by atoms with Gasteiger partial charge in [-0.25, -0.2) is 0 Å². The molecule has 138 valence electrons. The number of hydrogen-bond donors (Lipinski definition) is 1. The summed E-state index contributed by atoms with van der Waals surface area (Å²) in [7, 11) is 1.63. The molecule has 0 saturated heterocycles. The number of carbonyl (C=O) groups excluding carboxylic acids is 1. The van der Waals surface area contributed by atoms with E-state index < -0.39 is 0 Å². The maximum atomic E-state index is 12.2. The predicted molar refractivity (Wildman–Crippen MR) is 106 cm³/mol. The standard InChI is InChI=1S/C17H16N6O2S2/c1-9-6-11-4-5-12(25-3)7-13(11)23-15(9)20-22-17(23)26-8-14(24)18-16-21-19-10(2)27-16/h4-7H,8H2,1-3H3,(H,18,21,24). The molecular weight excluding hydrogens is 384 g/mol. The maximum Gasteiger partial charge on any atom is 0.236 e. The Morgan fingerprint density at radius 3 is 2.81 bits per heavy atom. The minimum absolute atomic E-state index is 0.164. The molecule has 1 N–H and O–H groups in total. The number of benzene rings is 1. The molecule has 0 atom stereocenters. The first-order valence-corrected chi connectivity index (χ1v) is 9.90. The first kappa shape index (κ1) is 17.7. The highest BCUT2D eigenvalue weighted by Crippen LogP contribution is 2.28. The number of ether oxygens (including phenoxy) is 1. The quantitative estimate of drug-likeness (QED) is 0.514. The molecule has 0 unspecified atom stereocenters. The molecule has 3 aromatic heterocycles. The summed E-state index contributed by atoms with van der Waals surface area (Å²) in [5.41, 5.74) is 2.71. The lowest BCUT2D eigenvalue weighted by atomic mass is 10.1. The molecular formula is C17H16N6O2S2. The normalized spacial score (nSPS) is 11.2. The van der Waals surface area contributed by atoms with E-state index in [-0.39, 0.29) is 11.7 Å². The van der Waals surface area contributed by atoms with Gasteiger partial charge in [-0.3, -0.25) is 14.5 Å². The molecule has 0 spiro atoms. The molecule has 0 aliphatic rings. The van der Waals surface area contributed by atoms with Crippen LogP contribution in [0, 0.1) is 13.8 Å². The van der Waals surface area contributed by atoms with Crippen LogP contribution in [0.25, 0.3) is 16.6 Å². The molecule has 4 aromatic rings. The van der Waals surface area contributed by atoms with E-state index in [1.54, 1.807) is 7.11 Å². The highest BCUT2D eigenvalue weighted by molar-refractivity contribution is 7.99. The largest absolute Gasteiger partial charge is 0.497 e. The molecule has 27 heavy (non-hydrogen) atoms. The molecule has 0 aliphatic carbocycles. The van der Waals surface area contributed by atoms with Crippen molar-refractivity contribution < 1.29 is 9.53 Å². The van der Waals surface area contributed by atoms with Crippen molar-refractivity contribution in [3.8, 4) is 5.75 Å². The van der Waals surface area contributed by atoms with Crippen molar-refractivity contribution in [1.82, 2.24) is 24.8 Å². The van der Waals surface area contributed by atoms with Gasteiger partial charge < -0.3 is 4.74 Å². The van der Waals surface area contributed by atoms with Crippen LogP contribution in [0.1, 0.15) is 10.6 Å². The third-order valence-electron chi connectivity index (χ3n) is 3.94. The molecule has 0 fully saturated rings. The van der Waals surface area contributed by atoms with Crippen molar-refractivity contribution in [3.63, 3.8) is 0 Å². The van der Waals surface area contributed by atoms with Crippen molar-refractivity contribution in [2.75, 3.05) is 18.2 Å². The van der Waals surface area contributed by atoms with Gasteiger partial charge in [0.05, 0.1) is 18.4 Å². The fraction of sp³-hybridized carbons (Fsp3) is 0.235. The summed E-state index contributed by atoms with van der Waals surface area (Å²) in [4.78, 5) is 12.2. The van der Waals surface area contributed by atoms with E-state index in [2.05, 4.69) is 31.8 Å². The second-order valence-electron chi connectivity index (χ2n) is 5.86.